The Morgan fingerprint density at radius 1 is 0.964 bits per heavy atom. The molecule has 6 heteroatoms. The molecule has 0 spiro atoms. The lowest BCUT2D eigenvalue weighted by atomic mass is 10.1. The third-order valence-electron chi connectivity index (χ3n) is 4.33. The second-order valence-corrected chi connectivity index (χ2v) is 6.32. The topological polar surface area (TPSA) is 90.4 Å². The summed E-state index contributed by atoms with van der Waals surface area (Å²) in [5.74, 6) is -0.262. The van der Waals surface area contributed by atoms with E-state index in [1.165, 1.54) is 12.1 Å². The van der Waals surface area contributed by atoms with E-state index in [1.54, 1.807) is 12.1 Å². The number of nitrogens with zero attached hydrogens (tertiary/aromatic N) is 2. The standard InChI is InChI=1S/C22H18N4O2/c27-22(28)16-10-12-17(13-11-16)25-26-20(14-15-6-2-1-3-7-15)21-23-18-8-4-5-9-19(18)24-21/h1-13,25H,14H2,(H,23,24)(H,27,28). The van der Waals surface area contributed by atoms with Crippen molar-refractivity contribution in [3.8, 4) is 0 Å². The molecule has 0 aliphatic rings. The Morgan fingerprint density at radius 2 is 1.68 bits per heavy atom. The molecule has 28 heavy (non-hydrogen) atoms. The minimum Gasteiger partial charge on any atom is -0.478 e. The summed E-state index contributed by atoms with van der Waals surface area (Å²) in [4.78, 5) is 19.0. The number of anilines is 1. The van der Waals surface area contributed by atoms with Crippen LogP contribution in [0.15, 0.2) is 84.0 Å². The van der Waals surface area contributed by atoms with Crippen LogP contribution in [0.4, 0.5) is 5.69 Å². The number of nitrogens with one attached hydrogen (secondary N) is 2. The Kier molecular flexibility index (Phi) is 4.84. The fourth-order valence-electron chi connectivity index (χ4n) is 2.87. The summed E-state index contributed by atoms with van der Waals surface area (Å²) >= 11 is 0. The molecular weight excluding hydrogens is 352 g/mol. The van der Waals surface area contributed by atoms with Gasteiger partial charge in [-0.15, -0.1) is 0 Å². The molecule has 138 valence electrons. The van der Waals surface area contributed by atoms with E-state index >= 15 is 0 Å². The number of aromatic carboxylic acids is 1. The van der Waals surface area contributed by atoms with Gasteiger partial charge in [0.15, 0.2) is 5.82 Å². The van der Waals surface area contributed by atoms with Crippen LogP contribution in [0.3, 0.4) is 0 Å². The summed E-state index contributed by atoms with van der Waals surface area (Å²) in [6.07, 6.45) is 0.598. The van der Waals surface area contributed by atoms with Crippen LogP contribution >= 0.6 is 0 Å². The number of rotatable bonds is 6. The van der Waals surface area contributed by atoms with Gasteiger partial charge in [0.25, 0.3) is 0 Å². The van der Waals surface area contributed by atoms with E-state index < -0.39 is 5.97 Å². The maximum absolute atomic E-state index is 11.0. The Labute approximate surface area is 161 Å². The number of carbonyl (C=O) groups is 1. The van der Waals surface area contributed by atoms with Crippen LogP contribution in [0.5, 0.6) is 0 Å². The van der Waals surface area contributed by atoms with Gasteiger partial charge >= 0.3 is 5.97 Å². The highest BCUT2D eigenvalue weighted by Gasteiger charge is 2.11. The molecule has 1 heterocycles. The molecule has 0 radical (unpaired) electrons. The number of benzene rings is 3. The number of carboxylic acids is 1. The van der Waals surface area contributed by atoms with Crippen LogP contribution in [0.25, 0.3) is 11.0 Å². The predicted octanol–water partition coefficient (Wildman–Crippen LogP) is 4.32. The van der Waals surface area contributed by atoms with Crippen LogP contribution in [0, 0.1) is 0 Å². The molecule has 0 saturated heterocycles. The number of hydrazone groups is 1. The van der Waals surface area contributed by atoms with E-state index in [2.05, 4.69) is 20.5 Å². The Bertz CT molecular complexity index is 1100. The van der Waals surface area contributed by atoms with Crippen LogP contribution < -0.4 is 5.43 Å². The molecule has 6 nitrogen and oxygen atoms in total. The summed E-state index contributed by atoms with van der Waals surface area (Å²) in [5.41, 5.74) is 7.64. The van der Waals surface area contributed by atoms with E-state index in [4.69, 9.17) is 5.11 Å². The van der Waals surface area contributed by atoms with Gasteiger partial charge in [0.05, 0.1) is 22.3 Å². The smallest absolute Gasteiger partial charge is 0.335 e. The molecule has 4 aromatic rings. The fourth-order valence-corrected chi connectivity index (χ4v) is 2.87. The highest BCUT2D eigenvalue weighted by atomic mass is 16.4. The number of carboxylic acid groups (broad SMARTS) is 1. The summed E-state index contributed by atoms with van der Waals surface area (Å²) in [6.45, 7) is 0. The highest BCUT2D eigenvalue weighted by molar-refractivity contribution is 6.01. The van der Waals surface area contributed by atoms with E-state index in [1.807, 2.05) is 54.6 Å². The van der Waals surface area contributed by atoms with Crippen molar-refractivity contribution in [3.63, 3.8) is 0 Å². The normalized spacial score (nSPS) is 11.5. The lowest BCUT2D eigenvalue weighted by molar-refractivity contribution is 0.0697. The predicted molar refractivity (Wildman–Crippen MR) is 110 cm³/mol. The van der Waals surface area contributed by atoms with Crippen molar-refractivity contribution in [2.45, 2.75) is 6.42 Å². The Hall–Kier alpha value is -3.93. The Morgan fingerprint density at radius 3 is 2.39 bits per heavy atom. The minimum absolute atomic E-state index is 0.233. The van der Waals surface area contributed by atoms with E-state index in [-0.39, 0.29) is 5.56 Å². The SMILES string of the molecule is O=C(O)c1ccc(NN=C(Cc2ccccc2)c2nc3ccccc3[nH]2)cc1. The quantitative estimate of drug-likeness (QED) is 0.348. The minimum atomic E-state index is -0.956. The summed E-state index contributed by atoms with van der Waals surface area (Å²) in [7, 11) is 0. The first-order valence-corrected chi connectivity index (χ1v) is 8.84. The summed E-state index contributed by atoms with van der Waals surface area (Å²) in [5, 5.41) is 13.6. The molecule has 4 rings (SSSR count). The van der Waals surface area contributed by atoms with Crippen LogP contribution in [0.2, 0.25) is 0 Å². The zero-order chi connectivity index (χ0) is 19.3. The number of hydrogen-bond donors (Lipinski definition) is 3. The molecule has 3 N–H and O–H groups in total. The van der Waals surface area contributed by atoms with Crippen molar-refractivity contribution in [2.24, 2.45) is 5.10 Å². The number of imidazole rings is 1. The van der Waals surface area contributed by atoms with Crippen molar-refractivity contribution in [2.75, 3.05) is 5.43 Å². The average molecular weight is 370 g/mol. The highest BCUT2D eigenvalue weighted by Crippen LogP contribution is 2.15. The van der Waals surface area contributed by atoms with E-state index in [9.17, 15) is 4.79 Å². The maximum Gasteiger partial charge on any atom is 0.335 e. The number of hydrogen-bond acceptors (Lipinski definition) is 4. The molecule has 0 unspecified atom stereocenters. The first-order chi connectivity index (χ1) is 13.7. The third kappa shape index (κ3) is 3.91. The Balaban J connectivity index is 1.65. The summed E-state index contributed by atoms with van der Waals surface area (Å²) < 4.78 is 0. The van der Waals surface area contributed by atoms with Crippen molar-refractivity contribution >= 4 is 28.4 Å². The second-order valence-electron chi connectivity index (χ2n) is 6.32. The zero-order valence-electron chi connectivity index (χ0n) is 15.0. The average Bonchev–Trinajstić information content (AvgIpc) is 3.16. The van der Waals surface area contributed by atoms with Gasteiger partial charge in [-0.3, -0.25) is 5.43 Å². The van der Waals surface area contributed by atoms with E-state index in [0.717, 1.165) is 22.3 Å². The maximum atomic E-state index is 11.0. The molecular formula is C22H18N4O2. The van der Waals surface area contributed by atoms with Gasteiger partial charge in [0.2, 0.25) is 0 Å². The van der Waals surface area contributed by atoms with Gasteiger partial charge in [-0.2, -0.15) is 5.10 Å². The monoisotopic (exact) mass is 370 g/mol. The first-order valence-electron chi connectivity index (χ1n) is 8.84. The molecule has 0 aliphatic heterocycles. The lowest BCUT2D eigenvalue weighted by Gasteiger charge is -2.06. The number of aromatic amines is 1. The molecule has 0 bridgehead atoms. The number of fused-ring (bicyclic) bond motifs is 1. The van der Waals surface area contributed by atoms with Gasteiger partial charge < -0.3 is 10.1 Å². The third-order valence-corrected chi connectivity index (χ3v) is 4.33. The van der Waals surface area contributed by atoms with Crippen LogP contribution in [0.1, 0.15) is 21.7 Å². The van der Waals surface area contributed by atoms with Gasteiger partial charge in [-0.25, -0.2) is 9.78 Å². The molecule has 0 aliphatic carbocycles. The van der Waals surface area contributed by atoms with Crippen molar-refractivity contribution in [1.82, 2.24) is 9.97 Å². The largest absolute Gasteiger partial charge is 0.478 e. The second kappa shape index (κ2) is 7.75. The lowest BCUT2D eigenvalue weighted by Crippen LogP contribution is -2.10. The first kappa shape index (κ1) is 17.5. The zero-order valence-corrected chi connectivity index (χ0v) is 15.0. The van der Waals surface area contributed by atoms with E-state index in [0.29, 0.717) is 17.9 Å². The number of H-pyrrole nitrogens is 1. The number of para-hydroxylation sites is 2. The van der Waals surface area contributed by atoms with Crippen LogP contribution in [-0.2, 0) is 6.42 Å². The molecule has 1 aromatic heterocycles. The molecule has 0 fully saturated rings. The van der Waals surface area contributed by atoms with Gasteiger partial charge in [-0.05, 0) is 42.0 Å². The van der Waals surface area contributed by atoms with Crippen molar-refractivity contribution in [1.29, 1.82) is 0 Å². The molecule has 0 amide bonds. The summed E-state index contributed by atoms with van der Waals surface area (Å²) in [6, 6.07) is 24.3. The van der Waals surface area contributed by atoms with Gasteiger partial charge in [0, 0.05) is 6.42 Å². The molecule has 3 aromatic carbocycles. The van der Waals surface area contributed by atoms with Gasteiger partial charge in [-0.1, -0.05) is 42.5 Å². The van der Waals surface area contributed by atoms with Gasteiger partial charge in [0.1, 0.15) is 5.71 Å². The number of aromatic nitrogens is 2. The van der Waals surface area contributed by atoms with Crippen molar-refractivity contribution in [3.05, 3.63) is 95.8 Å². The van der Waals surface area contributed by atoms with Crippen LogP contribution in [-0.4, -0.2) is 26.8 Å². The van der Waals surface area contributed by atoms with Crippen molar-refractivity contribution < 1.29 is 9.90 Å². The molecule has 0 atom stereocenters. The molecule has 0 saturated carbocycles. The fraction of sp³-hybridized carbons (Fsp3) is 0.0455.